The van der Waals surface area contributed by atoms with E-state index in [-0.39, 0.29) is 5.91 Å². The molecule has 1 aliphatic heterocycles. The maximum Gasteiger partial charge on any atom is 0.274 e. The Hall–Kier alpha value is -2.87. The van der Waals surface area contributed by atoms with Gasteiger partial charge in [-0.2, -0.15) is 0 Å². The number of aromatic nitrogens is 2. The van der Waals surface area contributed by atoms with Crippen molar-refractivity contribution in [3.63, 3.8) is 0 Å². The van der Waals surface area contributed by atoms with Gasteiger partial charge in [-0.05, 0) is 36.4 Å². The Kier molecular flexibility index (Phi) is 6.43. The first-order chi connectivity index (χ1) is 13.2. The number of anilines is 2. The molecule has 8 heteroatoms. The lowest BCUT2D eigenvalue weighted by atomic mass is 10.2. The Morgan fingerprint density at radius 2 is 1.78 bits per heavy atom. The van der Waals surface area contributed by atoms with Crippen LogP contribution < -0.4 is 15.0 Å². The Balaban J connectivity index is 1.53. The Morgan fingerprint density at radius 3 is 2.37 bits per heavy atom. The summed E-state index contributed by atoms with van der Waals surface area (Å²) in [6.07, 6.45) is 0. The molecular formula is C19H25N5O3. The number of amides is 1. The topological polar surface area (TPSA) is 79.8 Å². The molecule has 3 rings (SSSR count). The summed E-state index contributed by atoms with van der Waals surface area (Å²) in [6.45, 7) is 4.09. The van der Waals surface area contributed by atoms with Gasteiger partial charge in [0.15, 0.2) is 5.69 Å². The van der Waals surface area contributed by atoms with Crippen LogP contribution in [-0.4, -0.2) is 74.6 Å². The van der Waals surface area contributed by atoms with Crippen molar-refractivity contribution in [1.82, 2.24) is 15.1 Å². The monoisotopic (exact) mass is 371 g/mol. The molecule has 8 nitrogen and oxygen atoms in total. The molecule has 0 atom stereocenters. The van der Waals surface area contributed by atoms with Gasteiger partial charge < -0.3 is 24.6 Å². The van der Waals surface area contributed by atoms with E-state index in [4.69, 9.17) is 9.47 Å². The molecule has 0 saturated carbocycles. The molecule has 2 heterocycles. The molecule has 0 unspecified atom stereocenters. The minimum absolute atomic E-state index is 0.0830. The van der Waals surface area contributed by atoms with Crippen LogP contribution in [0, 0.1) is 0 Å². The van der Waals surface area contributed by atoms with Gasteiger partial charge in [0.05, 0.1) is 13.7 Å². The van der Waals surface area contributed by atoms with Crippen LogP contribution in [0.1, 0.15) is 10.5 Å². The Labute approximate surface area is 159 Å². The number of rotatable bonds is 7. The third kappa shape index (κ3) is 4.85. The first kappa shape index (κ1) is 18.9. The van der Waals surface area contributed by atoms with Gasteiger partial charge in [0.2, 0.25) is 0 Å². The molecule has 1 saturated heterocycles. The fourth-order valence-corrected chi connectivity index (χ4v) is 2.94. The van der Waals surface area contributed by atoms with E-state index in [0.717, 1.165) is 24.5 Å². The van der Waals surface area contributed by atoms with E-state index in [9.17, 15) is 4.79 Å². The number of nitrogens with zero attached hydrogens (tertiary/aromatic N) is 4. The normalized spacial score (nSPS) is 14.1. The highest BCUT2D eigenvalue weighted by Crippen LogP contribution is 2.21. The summed E-state index contributed by atoms with van der Waals surface area (Å²) in [4.78, 5) is 16.7. The first-order valence-corrected chi connectivity index (χ1v) is 8.96. The second-order valence-corrected chi connectivity index (χ2v) is 6.20. The zero-order valence-corrected chi connectivity index (χ0v) is 15.7. The molecule has 0 radical (unpaired) electrons. The van der Waals surface area contributed by atoms with Crippen molar-refractivity contribution in [2.24, 2.45) is 0 Å². The zero-order chi connectivity index (χ0) is 19.1. The maximum atomic E-state index is 12.6. The summed E-state index contributed by atoms with van der Waals surface area (Å²) in [5, 5.41) is 11.2. The summed E-state index contributed by atoms with van der Waals surface area (Å²) in [5.74, 6) is 1.39. The van der Waals surface area contributed by atoms with Crippen LogP contribution in [0.15, 0.2) is 36.4 Å². The number of methoxy groups -OCH3 is 2. The average Bonchev–Trinajstić information content (AvgIpc) is 2.74. The van der Waals surface area contributed by atoms with Gasteiger partial charge in [-0.15, -0.1) is 10.2 Å². The summed E-state index contributed by atoms with van der Waals surface area (Å²) in [5.41, 5.74) is 1.50. The number of nitrogens with one attached hydrogen (secondary N) is 1. The van der Waals surface area contributed by atoms with E-state index < -0.39 is 0 Å². The summed E-state index contributed by atoms with van der Waals surface area (Å²) >= 11 is 0. The van der Waals surface area contributed by atoms with Gasteiger partial charge in [0.25, 0.3) is 5.91 Å². The third-order valence-electron chi connectivity index (χ3n) is 4.50. The van der Waals surface area contributed by atoms with Crippen LogP contribution in [0.4, 0.5) is 11.5 Å². The standard InChI is InChI=1S/C19H25N5O3/c1-26-14-9-20-18-8-7-17(21-22-18)19(25)24-12-10-23(11-13-24)15-3-5-16(27-2)6-4-15/h3-8H,9-14H2,1-2H3,(H,20,22). The fraction of sp³-hybridized carbons (Fsp3) is 0.421. The van der Waals surface area contributed by atoms with E-state index in [2.05, 4.69) is 20.4 Å². The zero-order valence-electron chi connectivity index (χ0n) is 15.7. The van der Waals surface area contributed by atoms with Crippen molar-refractivity contribution in [3.8, 4) is 5.75 Å². The van der Waals surface area contributed by atoms with Gasteiger partial charge in [-0.3, -0.25) is 4.79 Å². The lowest BCUT2D eigenvalue weighted by molar-refractivity contribution is 0.0739. The number of hydrogen-bond donors (Lipinski definition) is 1. The van der Waals surface area contributed by atoms with Crippen LogP contribution in [0.5, 0.6) is 5.75 Å². The maximum absolute atomic E-state index is 12.6. The minimum Gasteiger partial charge on any atom is -0.497 e. The van der Waals surface area contributed by atoms with Crippen molar-refractivity contribution < 1.29 is 14.3 Å². The number of piperazine rings is 1. The van der Waals surface area contributed by atoms with Gasteiger partial charge in [-0.25, -0.2) is 0 Å². The molecule has 0 aliphatic carbocycles. The second kappa shape index (κ2) is 9.18. The lowest BCUT2D eigenvalue weighted by Gasteiger charge is -2.36. The molecule has 1 aromatic carbocycles. The van der Waals surface area contributed by atoms with Crippen molar-refractivity contribution in [1.29, 1.82) is 0 Å². The largest absolute Gasteiger partial charge is 0.497 e. The smallest absolute Gasteiger partial charge is 0.274 e. The first-order valence-electron chi connectivity index (χ1n) is 8.96. The quantitative estimate of drug-likeness (QED) is 0.739. The highest BCUT2D eigenvalue weighted by atomic mass is 16.5. The Morgan fingerprint density at radius 1 is 1.04 bits per heavy atom. The van der Waals surface area contributed by atoms with Crippen LogP contribution in [0.3, 0.4) is 0 Å². The van der Waals surface area contributed by atoms with E-state index in [0.29, 0.717) is 37.8 Å². The molecule has 1 fully saturated rings. The molecule has 1 amide bonds. The van der Waals surface area contributed by atoms with E-state index >= 15 is 0 Å². The van der Waals surface area contributed by atoms with Gasteiger partial charge >= 0.3 is 0 Å². The van der Waals surface area contributed by atoms with Crippen molar-refractivity contribution in [2.45, 2.75) is 0 Å². The molecule has 0 bridgehead atoms. The summed E-state index contributed by atoms with van der Waals surface area (Å²) in [7, 11) is 3.30. The van der Waals surface area contributed by atoms with Crippen LogP contribution in [0.2, 0.25) is 0 Å². The van der Waals surface area contributed by atoms with Gasteiger partial charge in [0.1, 0.15) is 11.6 Å². The number of carbonyl (C=O) groups is 1. The second-order valence-electron chi connectivity index (χ2n) is 6.20. The van der Waals surface area contributed by atoms with E-state index in [1.165, 1.54) is 0 Å². The Bertz CT molecular complexity index is 728. The molecular weight excluding hydrogens is 346 g/mol. The molecule has 144 valence electrons. The molecule has 0 spiro atoms. The predicted octanol–water partition coefficient (Wildman–Crippen LogP) is 1.51. The molecule has 1 N–H and O–H groups in total. The van der Waals surface area contributed by atoms with Crippen molar-refractivity contribution in [3.05, 3.63) is 42.1 Å². The van der Waals surface area contributed by atoms with E-state index in [1.807, 2.05) is 29.2 Å². The predicted molar refractivity (Wildman–Crippen MR) is 104 cm³/mol. The third-order valence-corrected chi connectivity index (χ3v) is 4.50. The van der Waals surface area contributed by atoms with Crippen molar-refractivity contribution >= 4 is 17.4 Å². The van der Waals surface area contributed by atoms with Crippen LogP contribution in [-0.2, 0) is 4.74 Å². The van der Waals surface area contributed by atoms with Crippen LogP contribution in [0.25, 0.3) is 0 Å². The number of carbonyl (C=O) groups excluding carboxylic acids is 1. The summed E-state index contributed by atoms with van der Waals surface area (Å²) < 4.78 is 10.2. The molecule has 1 aromatic heterocycles. The SMILES string of the molecule is COCCNc1ccc(C(=O)N2CCN(c3ccc(OC)cc3)CC2)nn1. The number of benzene rings is 1. The molecule has 27 heavy (non-hydrogen) atoms. The number of hydrogen-bond acceptors (Lipinski definition) is 7. The highest BCUT2D eigenvalue weighted by Gasteiger charge is 2.23. The van der Waals surface area contributed by atoms with Crippen molar-refractivity contribution in [2.75, 3.05) is 63.8 Å². The summed E-state index contributed by atoms with van der Waals surface area (Å²) in [6, 6.07) is 11.5. The fourth-order valence-electron chi connectivity index (χ4n) is 2.94. The van der Waals surface area contributed by atoms with Crippen LogP contribution >= 0.6 is 0 Å². The molecule has 2 aromatic rings. The van der Waals surface area contributed by atoms with E-state index in [1.54, 1.807) is 26.4 Å². The van der Waals surface area contributed by atoms with Gasteiger partial charge in [0, 0.05) is 45.5 Å². The highest BCUT2D eigenvalue weighted by molar-refractivity contribution is 5.92. The number of ether oxygens (including phenoxy) is 2. The minimum atomic E-state index is -0.0830. The molecule has 1 aliphatic rings. The lowest BCUT2D eigenvalue weighted by Crippen LogP contribution is -2.49. The average molecular weight is 371 g/mol. The van der Waals surface area contributed by atoms with Gasteiger partial charge in [-0.1, -0.05) is 0 Å².